The minimum Gasteiger partial charge on any atom is -0.489 e. The first-order chi connectivity index (χ1) is 16.7. The maximum atomic E-state index is 14.6. The van der Waals surface area contributed by atoms with E-state index in [1.54, 1.807) is 18.3 Å². The molecule has 1 saturated carbocycles. The number of benzene rings is 2. The van der Waals surface area contributed by atoms with Crippen molar-refractivity contribution in [2.24, 2.45) is 11.8 Å². The molecule has 0 radical (unpaired) electrons. The van der Waals surface area contributed by atoms with Crippen molar-refractivity contribution < 1.29 is 22.3 Å². The van der Waals surface area contributed by atoms with Crippen molar-refractivity contribution in [3.05, 3.63) is 76.7 Å². The molecule has 0 amide bonds. The normalized spacial score (nSPS) is 20.3. The van der Waals surface area contributed by atoms with Gasteiger partial charge in [-0.15, -0.1) is 0 Å². The molecule has 1 unspecified atom stereocenters. The Morgan fingerprint density at radius 3 is 2.71 bits per heavy atom. The molecular weight excluding hydrogens is 465 g/mol. The van der Waals surface area contributed by atoms with Gasteiger partial charge in [-0.05, 0) is 84.0 Å². The third kappa shape index (κ3) is 5.20. The zero-order chi connectivity index (χ0) is 24.7. The fourth-order valence-electron chi connectivity index (χ4n) is 5.22. The first-order valence-electron chi connectivity index (χ1n) is 12.0. The molecule has 0 N–H and O–H groups in total. The standard InChI is InChI=1S/C28H30FNO4S/c1-17-11-27(33-9-4-10-35(3,31)32)30-15-25(17)19-5-8-26(29)21(12-19)16-34-22-6-7-23-20(13-22)14-24-18(2)28(23)24/h5-8,11-13,15,18,24,28H,4,9-10,14,16H2,1-3H3/t18-,24?,28-/m0/s1. The van der Waals surface area contributed by atoms with E-state index >= 15 is 0 Å². The SMILES string of the molecule is Cc1cc(OCCCS(C)(=O)=O)ncc1-c1ccc(F)c(COc2ccc3c(c2)CC2[C@H](C)[C@@H]32)c1. The van der Waals surface area contributed by atoms with Crippen LogP contribution in [0.5, 0.6) is 11.6 Å². The summed E-state index contributed by atoms with van der Waals surface area (Å²) < 4.78 is 48.6. The number of aromatic nitrogens is 1. The Kier molecular flexibility index (Phi) is 6.30. The third-order valence-electron chi connectivity index (χ3n) is 7.24. The molecule has 0 aliphatic heterocycles. The summed E-state index contributed by atoms with van der Waals surface area (Å²) in [4.78, 5) is 4.35. The molecule has 2 aromatic carbocycles. The van der Waals surface area contributed by atoms with Crippen LogP contribution in [0.25, 0.3) is 11.1 Å². The van der Waals surface area contributed by atoms with Crippen molar-refractivity contribution in [2.75, 3.05) is 18.6 Å². The molecule has 2 aliphatic rings. The number of nitrogens with zero attached hydrogens (tertiary/aromatic N) is 1. The van der Waals surface area contributed by atoms with Crippen LogP contribution in [0.1, 0.15) is 41.5 Å². The van der Waals surface area contributed by atoms with E-state index in [1.807, 2.05) is 19.1 Å². The van der Waals surface area contributed by atoms with Crippen molar-refractivity contribution in [2.45, 2.75) is 39.2 Å². The second-order valence-electron chi connectivity index (χ2n) is 9.88. The number of ether oxygens (including phenoxy) is 2. The molecule has 1 fully saturated rings. The van der Waals surface area contributed by atoms with E-state index in [1.165, 1.54) is 23.4 Å². The summed E-state index contributed by atoms with van der Waals surface area (Å²) in [5.41, 5.74) is 5.96. The van der Waals surface area contributed by atoms with E-state index in [0.717, 1.165) is 40.7 Å². The Morgan fingerprint density at radius 2 is 1.94 bits per heavy atom. The highest BCUT2D eigenvalue weighted by atomic mass is 32.2. The van der Waals surface area contributed by atoms with Crippen molar-refractivity contribution in [3.8, 4) is 22.8 Å². The summed E-state index contributed by atoms with van der Waals surface area (Å²) in [6, 6.07) is 13.1. The van der Waals surface area contributed by atoms with Crippen LogP contribution in [0, 0.1) is 24.6 Å². The predicted octanol–water partition coefficient (Wildman–Crippen LogP) is 5.49. The quantitative estimate of drug-likeness (QED) is 0.367. The van der Waals surface area contributed by atoms with Gasteiger partial charge in [0.2, 0.25) is 5.88 Å². The lowest BCUT2D eigenvalue weighted by atomic mass is 10.0. The minimum absolute atomic E-state index is 0.0796. The highest BCUT2D eigenvalue weighted by Gasteiger charge is 2.52. The molecule has 0 spiro atoms. The number of halogens is 1. The molecule has 2 aliphatic carbocycles. The van der Waals surface area contributed by atoms with Gasteiger partial charge in [-0.1, -0.05) is 19.1 Å². The Balaban J connectivity index is 1.24. The molecule has 1 heterocycles. The van der Waals surface area contributed by atoms with E-state index in [9.17, 15) is 12.8 Å². The summed E-state index contributed by atoms with van der Waals surface area (Å²) in [6.07, 6.45) is 4.44. The molecule has 5 nitrogen and oxygen atoms in total. The van der Waals surface area contributed by atoms with Gasteiger partial charge in [0, 0.05) is 29.6 Å². The molecule has 7 heteroatoms. The monoisotopic (exact) mass is 495 g/mol. The van der Waals surface area contributed by atoms with Gasteiger partial charge in [0.15, 0.2) is 0 Å². The smallest absolute Gasteiger partial charge is 0.213 e. The van der Waals surface area contributed by atoms with E-state index in [4.69, 9.17) is 9.47 Å². The van der Waals surface area contributed by atoms with Crippen LogP contribution in [0.4, 0.5) is 4.39 Å². The summed E-state index contributed by atoms with van der Waals surface area (Å²) in [5, 5.41) is 0. The van der Waals surface area contributed by atoms with Crippen molar-refractivity contribution in [3.63, 3.8) is 0 Å². The molecular formula is C28H30FNO4S. The number of sulfone groups is 1. The summed E-state index contributed by atoms with van der Waals surface area (Å²) >= 11 is 0. The summed E-state index contributed by atoms with van der Waals surface area (Å²) in [6.45, 7) is 4.68. The van der Waals surface area contributed by atoms with Crippen LogP contribution >= 0.6 is 0 Å². The lowest BCUT2D eigenvalue weighted by Gasteiger charge is -2.13. The van der Waals surface area contributed by atoms with E-state index in [-0.39, 0.29) is 24.8 Å². The molecule has 5 rings (SSSR count). The average molecular weight is 496 g/mol. The van der Waals surface area contributed by atoms with Crippen molar-refractivity contribution in [1.29, 1.82) is 0 Å². The number of hydrogen-bond acceptors (Lipinski definition) is 5. The van der Waals surface area contributed by atoms with Crippen LogP contribution in [0.2, 0.25) is 0 Å². The molecule has 0 bridgehead atoms. The third-order valence-corrected chi connectivity index (χ3v) is 8.27. The van der Waals surface area contributed by atoms with Crippen LogP contribution in [0.3, 0.4) is 0 Å². The van der Waals surface area contributed by atoms with Gasteiger partial charge >= 0.3 is 0 Å². The Morgan fingerprint density at radius 1 is 1.11 bits per heavy atom. The average Bonchev–Trinajstić information content (AvgIpc) is 3.26. The van der Waals surface area contributed by atoms with Crippen LogP contribution < -0.4 is 9.47 Å². The second-order valence-corrected chi connectivity index (χ2v) is 12.1. The largest absolute Gasteiger partial charge is 0.489 e. The molecule has 184 valence electrons. The molecule has 3 atom stereocenters. The second kappa shape index (κ2) is 9.26. The van der Waals surface area contributed by atoms with E-state index in [0.29, 0.717) is 23.8 Å². The first-order valence-corrected chi connectivity index (χ1v) is 14.1. The zero-order valence-electron chi connectivity index (χ0n) is 20.3. The number of fused-ring (bicyclic) bond motifs is 3. The maximum absolute atomic E-state index is 14.6. The van der Waals surface area contributed by atoms with Crippen LogP contribution in [-0.4, -0.2) is 32.0 Å². The minimum atomic E-state index is -3.01. The van der Waals surface area contributed by atoms with E-state index in [2.05, 4.69) is 24.0 Å². The molecule has 3 aromatic rings. The van der Waals surface area contributed by atoms with Gasteiger partial charge in [-0.3, -0.25) is 0 Å². The predicted molar refractivity (Wildman–Crippen MR) is 134 cm³/mol. The summed E-state index contributed by atoms with van der Waals surface area (Å²) in [5.74, 6) is 3.29. The Bertz CT molecular complexity index is 1370. The van der Waals surface area contributed by atoms with Crippen LogP contribution in [-0.2, 0) is 22.9 Å². The lowest BCUT2D eigenvalue weighted by molar-refractivity contribution is 0.299. The number of aryl methyl sites for hydroxylation is 1. The van der Waals surface area contributed by atoms with Gasteiger partial charge in [0.25, 0.3) is 0 Å². The summed E-state index contributed by atoms with van der Waals surface area (Å²) in [7, 11) is -3.01. The van der Waals surface area contributed by atoms with Crippen LogP contribution in [0.15, 0.2) is 48.7 Å². The van der Waals surface area contributed by atoms with Crippen molar-refractivity contribution in [1.82, 2.24) is 4.98 Å². The first kappa shape index (κ1) is 23.8. The topological polar surface area (TPSA) is 65.5 Å². The van der Waals surface area contributed by atoms with Crippen molar-refractivity contribution >= 4 is 9.84 Å². The van der Waals surface area contributed by atoms with Gasteiger partial charge in [-0.2, -0.15) is 0 Å². The molecule has 35 heavy (non-hydrogen) atoms. The fraction of sp³-hybridized carbons (Fsp3) is 0.393. The zero-order valence-corrected chi connectivity index (χ0v) is 21.1. The number of pyridine rings is 1. The maximum Gasteiger partial charge on any atom is 0.213 e. The fourth-order valence-corrected chi connectivity index (χ4v) is 5.87. The molecule has 1 aromatic heterocycles. The van der Waals surface area contributed by atoms with Gasteiger partial charge in [-0.25, -0.2) is 17.8 Å². The number of hydrogen-bond donors (Lipinski definition) is 0. The van der Waals surface area contributed by atoms with Gasteiger partial charge in [0.05, 0.1) is 12.4 Å². The van der Waals surface area contributed by atoms with Gasteiger partial charge < -0.3 is 9.47 Å². The highest BCUT2D eigenvalue weighted by molar-refractivity contribution is 7.90. The Hall–Kier alpha value is -2.93. The van der Waals surface area contributed by atoms with E-state index < -0.39 is 9.84 Å². The lowest BCUT2D eigenvalue weighted by Crippen LogP contribution is -2.08. The molecule has 0 saturated heterocycles. The number of rotatable bonds is 9. The Labute approximate surface area is 206 Å². The van der Waals surface area contributed by atoms with Gasteiger partial charge in [0.1, 0.15) is 28.0 Å². The highest BCUT2D eigenvalue weighted by Crippen LogP contribution is 2.61.